The van der Waals surface area contributed by atoms with Crippen LogP contribution in [0.15, 0.2) is 0 Å². The molecule has 1 fully saturated rings. The standard InChI is InChI=1S/C5H10O3S2/c6-10(7,8)5-3-1-2-4-9-5/h5H,1-4H2,(H,6,7,8). The number of rotatable bonds is 1. The van der Waals surface area contributed by atoms with Crippen molar-refractivity contribution >= 4 is 21.9 Å². The van der Waals surface area contributed by atoms with E-state index >= 15 is 0 Å². The summed E-state index contributed by atoms with van der Waals surface area (Å²) in [7, 11) is -3.76. The molecule has 1 aliphatic heterocycles. The molecule has 1 atom stereocenters. The molecule has 0 aromatic carbocycles. The van der Waals surface area contributed by atoms with Gasteiger partial charge in [0.2, 0.25) is 0 Å². The van der Waals surface area contributed by atoms with Crippen molar-refractivity contribution in [1.82, 2.24) is 0 Å². The molecule has 3 nitrogen and oxygen atoms in total. The first-order valence-corrected chi connectivity index (χ1v) is 5.74. The summed E-state index contributed by atoms with van der Waals surface area (Å²) >= 11 is 1.33. The van der Waals surface area contributed by atoms with Gasteiger partial charge >= 0.3 is 0 Å². The fraction of sp³-hybridized carbons (Fsp3) is 1.00. The smallest absolute Gasteiger partial charge is 0.277 e. The Hall–Kier alpha value is 0.260. The highest BCUT2D eigenvalue weighted by Gasteiger charge is 2.25. The molecule has 0 radical (unpaired) electrons. The minimum absolute atomic E-state index is 0.554. The van der Waals surface area contributed by atoms with Crippen LogP contribution in [0.2, 0.25) is 0 Å². The summed E-state index contributed by atoms with van der Waals surface area (Å²) in [6.45, 7) is 0. The lowest BCUT2D eigenvalue weighted by Crippen LogP contribution is -2.19. The lowest BCUT2D eigenvalue weighted by molar-refractivity contribution is 0.474. The normalized spacial score (nSPS) is 28.3. The molecule has 1 aliphatic rings. The van der Waals surface area contributed by atoms with E-state index in [9.17, 15) is 8.42 Å². The van der Waals surface area contributed by atoms with Crippen LogP contribution in [0.4, 0.5) is 0 Å². The minimum Gasteiger partial charge on any atom is -0.285 e. The van der Waals surface area contributed by atoms with E-state index in [2.05, 4.69) is 0 Å². The van der Waals surface area contributed by atoms with Gasteiger partial charge in [-0.1, -0.05) is 6.42 Å². The van der Waals surface area contributed by atoms with Crippen LogP contribution in [-0.2, 0) is 10.1 Å². The Bertz CT molecular complexity index is 191. The van der Waals surface area contributed by atoms with Gasteiger partial charge in [-0.25, -0.2) is 0 Å². The Morgan fingerprint density at radius 2 is 2.10 bits per heavy atom. The average molecular weight is 182 g/mol. The van der Waals surface area contributed by atoms with E-state index < -0.39 is 14.7 Å². The summed E-state index contributed by atoms with van der Waals surface area (Å²) in [5.41, 5.74) is 0. The van der Waals surface area contributed by atoms with E-state index in [1.165, 1.54) is 11.8 Å². The molecule has 1 heterocycles. The second-order valence-electron chi connectivity index (χ2n) is 2.31. The van der Waals surface area contributed by atoms with Gasteiger partial charge in [0.05, 0.1) is 0 Å². The number of hydrogen-bond donors (Lipinski definition) is 1. The molecule has 1 unspecified atom stereocenters. The first kappa shape index (κ1) is 8.36. The first-order chi connectivity index (χ1) is 4.61. The zero-order valence-corrected chi connectivity index (χ0v) is 7.12. The molecule has 5 heteroatoms. The summed E-state index contributed by atoms with van der Waals surface area (Å²) in [5, 5.41) is 0. The van der Waals surface area contributed by atoms with Crippen LogP contribution in [0.3, 0.4) is 0 Å². The molecule has 60 valence electrons. The molecular formula is C5H10O3S2. The maximum absolute atomic E-state index is 10.5. The largest absolute Gasteiger partial charge is 0.285 e. The molecule has 0 aromatic rings. The Kier molecular flexibility index (Phi) is 2.60. The SMILES string of the molecule is O=S(=O)(O)C1CCCCS1. The highest BCUT2D eigenvalue weighted by Crippen LogP contribution is 2.28. The molecule has 0 aliphatic carbocycles. The lowest BCUT2D eigenvalue weighted by atomic mass is 10.3. The van der Waals surface area contributed by atoms with Crippen molar-refractivity contribution in [3.63, 3.8) is 0 Å². The van der Waals surface area contributed by atoms with E-state index in [1.807, 2.05) is 0 Å². The maximum Gasteiger partial charge on any atom is 0.277 e. The summed E-state index contributed by atoms with van der Waals surface area (Å²) in [6.07, 6.45) is 2.58. The summed E-state index contributed by atoms with van der Waals surface area (Å²) in [4.78, 5) is 0. The van der Waals surface area contributed by atoms with Crippen molar-refractivity contribution in [1.29, 1.82) is 0 Å². The van der Waals surface area contributed by atoms with Crippen LogP contribution < -0.4 is 0 Å². The van der Waals surface area contributed by atoms with Crippen LogP contribution in [0.25, 0.3) is 0 Å². The number of hydrogen-bond acceptors (Lipinski definition) is 3. The van der Waals surface area contributed by atoms with Gasteiger partial charge in [-0.2, -0.15) is 8.42 Å². The second kappa shape index (κ2) is 3.11. The molecule has 1 rings (SSSR count). The van der Waals surface area contributed by atoms with Gasteiger partial charge in [0.15, 0.2) is 0 Å². The molecule has 0 amide bonds. The van der Waals surface area contributed by atoms with Crippen molar-refractivity contribution in [3.05, 3.63) is 0 Å². The Balaban J connectivity index is 2.56. The molecule has 0 saturated carbocycles. The zero-order chi connectivity index (χ0) is 7.61. The lowest BCUT2D eigenvalue weighted by Gasteiger charge is -2.17. The molecule has 0 aromatic heterocycles. The van der Waals surface area contributed by atoms with Crippen molar-refractivity contribution in [2.75, 3.05) is 5.75 Å². The zero-order valence-electron chi connectivity index (χ0n) is 5.49. The van der Waals surface area contributed by atoms with Crippen molar-refractivity contribution in [2.24, 2.45) is 0 Å². The summed E-state index contributed by atoms with van der Waals surface area (Å²) < 4.78 is 29.1. The Morgan fingerprint density at radius 3 is 2.40 bits per heavy atom. The summed E-state index contributed by atoms with van der Waals surface area (Å²) in [5.74, 6) is 0.852. The molecule has 1 N–H and O–H groups in total. The molecule has 0 bridgehead atoms. The molecule has 1 saturated heterocycles. The topological polar surface area (TPSA) is 54.4 Å². The summed E-state index contributed by atoms with van der Waals surface area (Å²) in [6, 6.07) is 0. The minimum atomic E-state index is -3.76. The fourth-order valence-electron chi connectivity index (χ4n) is 0.946. The fourth-order valence-corrected chi connectivity index (χ4v) is 3.35. The van der Waals surface area contributed by atoms with Crippen LogP contribution in [-0.4, -0.2) is 23.3 Å². The van der Waals surface area contributed by atoms with E-state index in [0.717, 1.165) is 18.6 Å². The van der Waals surface area contributed by atoms with Crippen LogP contribution in [0, 0.1) is 0 Å². The predicted octanol–water partition coefficient (Wildman–Crippen LogP) is 1.12. The van der Waals surface area contributed by atoms with Crippen LogP contribution in [0.1, 0.15) is 19.3 Å². The molecular weight excluding hydrogens is 172 g/mol. The maximum atomic E-state index is 10.5. The van der Waals surface area contributed by atoms with E-state index in [1.54, 1.807) is 0 Å². The number of thioether (sulfide) groups is 1. The van der Waals surface area contributed by atoms with Gasteiger partial charge in [0.25, 0.3) is 10.1 Å². The quantitative estimate of drug-likeness (QED) is 0.617. The highest BCUT2D eigenvalue weighted by atomic mass is 32.3. The molecule has 10 heavy (non-hydrogen) atoms. The van der Waals surface area contributed by atoms with Gasteiger partial charge in [-0.05, 0) is 18.6 Å². The third kappa shape index (κ3) is 2.14. The third-order valence-corrected chi connectivity index (χ3v) is 4.64. The van der Waals surface area contributed by atoms with E-state index in [0.29, 0.717) is 6.42 Å². The van der Waals surface area contributed by atoms with Gasteiger partial charge < -0.3 is 0 Å². The second-order valence-corrected chi connectivity index (χ2v) is 5.52. The third-order valence-electron chi connectivity index (χ3n) is 1.47. The Labute approximate surface area is 64.9 Å². The van der Waals surface area contributed by atoms with Gasteiger partial charge in [0.1, 0.15) is 4.58 Å². The van der Waals surface area contributed by atoms with Gasteiger partial charge in [0, 0.05) is 0 Å². The predicted molar refractivity (Wildman–Crippen MR) is 41.6 cm³/mol. The van der Waals surface area contributed by atoms with Crippen LogP contribution in [0.5, 0.6) is 0 Å². The monoisotopic (exact) mass is 182 g/mol. The first-order valence-electron chi connectivity index (χ1n) is 3.18. The van der Waals surface area contributed by atoms with Gasteiger partial charge in [-0.15, -0.1) is 11.8 Å². The van der Waals surface area contributed by atoms with Crippen LogP contribution >= 0.6 is 11.8 Å². The molecule has 0 spiro atoms. The Morgan fingerprint density at radius 1 is 1.40 bits per heavy atom. The van der Waals surface area contributed by atoms with Gasteiger partial charge in [-0.3, -0.25) is 4.55 Å². The highest BCUT2D eigenvalue weighted by molar-refractivity contribution is 8.11. The van der Waals surface area contributed by atoms with Crippen molar-refractivity contribution in [2.45, 2.75) is 23.8 Å². The average Bonchev–Trinajstić information content (AvgIpc) is 1.88. The van der Waals surface area contributed by atoms with E-state index in [4.69, 9.17) is 4.55 Å². The van der Waals surface area contributed by atoms with Crippen molar-refractivity contribution in [3.8, 4) is 0 Å². The van der Waals surface area contributed by atoms with Crippen molar-refractivity contribution < 1.29 is 13.0 Å². The van der Waals surface area contributed by atoms with E-state index in [-0.39, 0.29) is 0 Å².